The number of hydrogen-bond donors (Lipinski definition) is 2. The maximum atomic E-state index is 6.00. The molecule has 0 aromatic heterocycles. The third-order valence-corrected chi connectivity index (χ3v) is 1.91. The first kappa shape index (κ1) is 12.1. The Kier molecular flexibility index (Phi) is 5.35. The van der Waals surface area contributed by atoms with E-state index in [-0.39, 0.29) is 0 Å². The Morgan fingerprint density at radius 1 is 0.923 bits per heavy atom. The lowest BCUT2D eigenvalue weighted by Gasteiger charge is -2.07. The molecule has 1 aromatic carbocycles. The van der Waals surface area contributed by atoms with Crippen LogP contribution < -0.4 is 0 Å². The Hall–Kier alpha value is -0.860. The molecule has 0 heterocycles. The molecule has 0 spiro atoms. The van der Waals surface area contributed by atoms with Crippen LogP contribution in [-0.4, -0.2) is 10.5 Å². The van der Waals surface area contributed by atoms with Crippen molar-refractivity contribution in [3.8, 4) is 0 Å². The van der Waals surface area contributed by atoms with Crippen molar-refractivity contribution in [3.63, 3.8) is 0 Å². The Labute approximate surface area is 79.8 Å². The van der Waals surface area contributed by atoms with Gasteiger partial charge < -0.3 is 0 Å². The molecule has 2 heteroatoms. The van der Waals surface area contributed by atoms with Gasteiger partial charge in [-0.2, -0.15) is 0 Å². The number of rotatable bonds is 1. The van der Waals surface area contributed by atoms with Crippen LogP contribution in [0.4, 0.5) is 0 Å². The van der Waals surface area contributed by atoms with Crippen LogP contribution >= 0.6 is 0 Å². The Balaban J connectivity index is 0.000000671. The lowest BCUT2D eigenvalue weighted by molar-refractivity contribution is -0.176. The minimum Gasteiger partial charge on any atom is -0.255 e. The van der Waals surface area contributed by atoms with Gasteiger partial charge in [-0.3, -0.25) is 10.5 Å². The molecule has 0 aliphatic carbocycles. The van der Waals surface area contributed by atoms with Crippen molar-refractivity contribution in [1.82, 2.24) is 0 Å². The molecule has 0 bridgehead atoms. The zero-order chi connectivity index (χ0) is 10.4. The molecule has 0 radical (unpaired) electrons. The molecule has 0 unspecified atom stereocenters. The van der Waals surface area contributed by atoms with Gasteiger partial charge in [0.25, 0.3) is 0 Å². The molecule has 1 aromatic rings. The second kappa shape index (κ2) is 5.73. The van der Waals surface area contributed by atoms with Crippen molar-refractivity contribution >= 4 is 0 Å². The summed E-state index contributed by atoms with van der Waals surface area (Å²) in [5.74, 6) is 0.647. The average molecular weight is 182 g/mol. The van der Waals surface area contributed by atoms with E-state index in [2.05, 4.69) is 45.9 Å². The monoisotopic (exact) mass is 182 g/mol. The van der Waals surface area contributed by atoms with E-state index in [1.54, 1.807) is 0 Å². The predicted molar refractivity (Wildman–Crippen MR) is 55.3 cm³/mol. The highest BCUT2D eigenvalue weighted by atomic mass is 17.0. The van der Waals surface area contributed by atoms with E-state index in [1.807, 2.05) is 0 Å². The summed E-state index contributed by atoms with van der Waals surface area (Å²) in [5, 5.41) is 12.0. The molecular weight excluding hydrogens is 164 g/mol. The fourth-order valence-electron chi connectivity index (χ4n) is 1.34. The van der Waals surface area contributed by atoms with Gasteiger partial charge in [0.1, 0.15) is 0 Å². The summed E-state index contributed by atoms with van der Waals surface area (Å²) in [7, 11) is 0. The van der Waals surface area contributed by atoms with E-state index in [0.29, 0.717) is 5.92 Å². The van der Waals surface area contributed by atoms with Crippen molar-refractivity contribution < 1.29 is 10.5 Å². The lowest BCUT2D eigenvalue weighted by Crippen LogP contribution is -1.89. The van der Waals surface area contributed by atoms with E-state index < -0.39 is 0 Å². The van der Waals surface area contributed by atoms with Crippen molar-refractivity contribution in [2.75, 3.05) is 0 Å². The molecule has 0 amide bonds. The predicted octanol–water partition coefficient (Wildman–Crippen LogP) is 3.44. The van der Waals surface area contributed by atoms with Gasteiger partial charge in [-0.15, -0.1) is 0 Å². The second-order valence-electron chi connectivity index (χ2n) is 3.58. The first-order valence-electron chi connectivity index (χ1n) is 4.38. The van der Waals surface area contributed by atoms with E-state index in [9.17, 15) is 0 Å². The van der Waals surface area contributed by atoms with Gasteiger partial charge in [-0.1, -0.05) is 43.2 Å². The number of benzene rings is 1. The first-order chi connectivity index (χ1) is 6.09. The second-order valence-corrected chi connectivity index (χ2v) is 3.58. The number of hydrogen-bond acceptors (Lipinski definition) is 2. The SMILES string of the molecule is Cc1cc(C)cc(C(C)C)c1.OO. The van der Waals surface area contributed by atoms with Crippen LogP contribution in [0, 0.1) is 13.8 Å². The molecule has 2 N–H and O–H groups in total. The molecule has 0 saturated heterocycles. The molecule has 2 nitrogen and oxygen atoms in total. The van der Waals surface area contributed by atoms with Crippen LogP contribution in [0.5, 0.6) is 0 Å². The molecule has 74 valence electrons. The van der Waals surface area contributed by atoms with Gasteiger partial charge in [0.2, 0.25) is 0 Å². The molecule has 0 aliphatic rings. The van der Waals surface area contributed by atoms with Gasteiger partial charge in [-0.05, 0) is 25.3 Å². The lowest BCUT2D eigenvalue weighted by atomic mass is 9.99. The minimum absolute atomic E-state index is 0.647. The quantitative estimate of drug-likeness (QED) is 0.516. The number of aryl methyl sites for hydroxylation is 2. The maximum Gasteiger partial charge on any atom is -0.0219 e. The van der Waals surface area contributed by atoms with Crippen LogP contribution in [0.25, 0.3) is 0 Å². The summed E-state index contributed by atoms with van der Waals surface area (Å²) >= 11 is 0. The zero-order valence-corrected chi connectivity index (χ0v) is 8.70. The Morgan fingerprint density at radius 3 is 1.62 bits per heavy atom. The summed E-state index contributed by atoms with van der Waals surface area (Å²) in [6, 6.07) is 6.74. The summed E-state index contributed by atoms with van der Waals surface area (Å²) in [6.45, 7) is 8.76. The topological polar surface area (TPSA) is 40.5 Å². The van der Waals surface area contributed by atoms with E-state index in [4.69, 9.17) is 10.5 Å². The van der Waals surface area contributed by atoms with E-state index >= 15 is 0 Å². The van der Waals surface area contributed by atoms with Crippen LogP contribution in [0.3, 0.4) is 0 Å². The summed E-state index contributed by atoms with van der Waals surface area (Å²) in [4.78, 5) is 0. The van der Waals surface area contributed by atoms with Crippen molar-refractivity contribution in [3.05, 3.63) is 34.9 Å². The maximum absolute atomic E-state index is 6.00. The van der Waals surface area contributed by atoms with Crippen LogP contribution in [0.15, 0.2) is 18.2 Å². The van der Waals surface area contributed by atoms with Crippen molar-refractivity contribution in [2.24, 2.45) is 0 Å². The average Bonchev–Trinajstić information content (AvgIpc) is 2.06. The van der Waals surface area contributed by atoms with Gasteiger partial charge in [0.05, 0.1) is 0 Å². The molecular formula is C11H18O2. The van der Waals surface area contributed by atoms with Crippen LogP contribution in [0.2, 0.25) is 0 Å². The highest BCUT2D eigenvalue weighted by molar-refractivity contribution is 5.30. The summed E-state index contributed by atoms with van der Waals surface area (Å²) in [5.41, 5.74) is 4.19. The molecule has 1 rings (SSSR count). The highest BCUT2D eigenvalue weighted by Gasteiger charge is 1.99. The van der Waals surface area contributed by atoms with Crippen molar-refractivity contribution in [1.29, 1.82) is 0 Å². The van der Waals surface area contributed by atoms with Crippen LogP contribution in [-0.2, 0) is 0 Å². The normalized spacial score (nSPS) is 9.46. The third kappa shape index (κ3) is 4.06. The highest BCUT2D eigenvalue weighted by Crippen LogP contribution is 2.17. The molecule has 0 fully saturated rings. The molecule has 0 saturated carbocycles. The zero-order valence-electron chi connectivity index (χ0n) is 8.70. The molecule has 13 heavy (non-hydrogen) atoms. The Bertz CT molecular complexity index is 234. The van der Waals surface area contributed by atoms with E-state index in [0.717, 1.165) is 0 Å². The van der Waals surface area contributed by atoms with Crippen molar-refractivity contribution in [2.45, 2.75) is 33.6 Å². The van der Waals surface area contributed by atoms with Crippen LogP contribution in [0.1, 0.15) is 36.5 Å². The summed E-state index contributed by atoms with van der Waals surface area (Å²) < 4.78 is 0. The third-order valence-electron chi connectivity index (χ3n) is 1.91. The largest absolute Gasteiger partial charge is 0.255 e. The fourth-order valence-corrected chi connectivity index (χ4v) is 1.34. The molecule has 0 aliphatic heterocycles. The minimum atomic E-state index is 0.647. The standard InChI is InChI=1S/C11H16.H2O2/c1-8(2)11-6-9(3)5-10(4)7-11;1-2/h5-8H,1-4H3;1-2H. The fraction of sp³-hybridized carbons (Fsp3) is 0.455. The summed E-state index contributed by atoms with van der Waals surface area (Å²) in [6.07, 6.45) is 0. The van der Waals surface area contributed by atoms with Gasteiger partial charge in [0, 0.05) is 0 Å². The smallest absolute Gasteiger partial charge is 0.0219 e. The Morgan fingerprint density at radius 2 is 1.31 bits per heavy atom. The van der Waals surface area contributed by atoms with Gasteiger partial charge in [-0.25, -0.2) is 0 Å². The molecule has 0 atom stereocenters. The van der Waals surface area contributed by atoms with Gasteiger partial charge in [0.15, 0.2) is 0 Å². The van der Waals surface area contributed by atoms with E-state index in [1.165, 1.54) is 16.7 Å². The van der Waals surface area contributed by atoms with Gasteiger partial charge >= 0.3 is 0 Å². The first-order valence-corrected chi connectivity index (χ1v) is 4.38.